The standard InChI is InChI=1S/C24H38F3N5O4/c1-6-32(12-11-31(4)5)21(33)16-28-14-19-13-18(9-10-29-19)22(34)36-20(8-7-17(2)3)15-30-23(35)24(25,26)27/h9-10,13,17,20,28H,6-8,11-12,14-16H2,1-5H3,(H,30,35). The molecular formula is C24H38F3N5O4. The van der Waals surface area contributed by atoms with Crippen LogP contribution >= 0.6 is 0 Å². The summed E-state index contributed by atoms with van der Waals surface area (Å²) in [6, 6.07) is 2.93. The number of carbonyl (C=O) groups excluding carboxylic acids is 3. The van der Waals surface area contributed by atoms with E-state index in [-0.39, 0.29) is 30.5 Å². The molecule has 2 amide bonds. The molecule has 1 heterocycles. The van der Waals surface area contributed by atoms with E-state index >= 15 is 0 Å². The summed E-state index contributed by atoms with van der Waals surface area (Å²) in [6.45, 7) is 7.63. The highest BCUT2D eigenvalue weighted by Crippen LogP contribution is 2.16. The number of alkyl halides is 3. The Morgan fingerprint density at radius 3 is 2.42 bits per heavy atom. The van der Waals surface area contributed by atoms with Gasteiger partial charge in [-0.05, 0) is 51.9 Å². The number of aromatic nitrogens is 1. The van der Waals surface area contributed by atoms with Crippen LogP contribution in [0.1, 0.15) is 49.7 Å². The average molecular weight is 518 g/mol. The SMILES string of the molecule is CCN(CCN(C)C)C(=O)CNCc1cc(C(=O)OC(CCC(C)C)CNC(=O)C(F)(F)F)ccn1. The lowest BCUT2D eigenvalue weighted by Gasteiger charge is -2.23. The molecule has 36 heavy (non-hydrogen) atoms. The number of halogens is 3. The second kappa shape index (κ2) is 15.4. The first-order chi connectivity index (χ1) is 16.8. The van der Waals surface area contributed by atoms with Crippen molar-refractivity contribution in [3.63, 3.8) is 0 Å². The summed E-state index contributed by atoms with van der Waals surface area (Å²) >= 11 is 0. The van der Waals surface area contributed by atoms with E-state index < -0.39 is 30.7 Å². The van der Waals surface area contributed by atoms with E-state index in [4.69, 9.17) is 4.74 Å². The lowest BCUT2D eigenvalue weighted by atomic mass is 10.0. The first-order valence-electron chi connectivity index (χ1n) is 12.0. The number of rotatable bonds is 15. The third-order valence-electron chi connectivity index (χ3n) is 5.27. The third-order valence-corrected chi connectivity index (χ3v) is 5.27. The summed E-state index contributed by atoms with van der Waals surface area (Å²) in [5.74, 6) is -2.63. The molecule has 1 atom stereocenters. The van der Waals surface area contributed by atoms with Crippen molar-refractivity contribution in [1.82, 2.24) is 25.4 Å². The van der Waals surface area contributed by atoms with Crippen molar-refractivity contribution in [3.05, 3.63) is 29.6 Å². The Kier molecular flexibility index (Phi) is 13.4. The number of nitrogens with one attached hydrogen (secondary N) is 2. The molecule has 0 aliphatic rings. The molecule has 0 spiro atoms. The zero-order valence-corrected chi connectivity index (χ0v) is 21.7. The highest BCUT2D eigenvalue weighted by molar-refractivity contribution is 5.89. The number of hydrogen-bond acceptors (Lipinski definition) is 7. The summed E-state index contributed by atoms with van der Waals surface area (Å²) in [5, 5.41) is 4.80. The largest absolute Gasteiger partial charge is 0.471 e. The summed E-state index contributed by atoms with van der Waals surface area (Å²) in [5.41, 5.74) is 0.670. The normalized spacial score (nSPS) is 12.5. The Morgan fingerprint density at radius 1 is 1.14 bits per heavy atom. The average Bonchev–Trinajstić information content (AvgIpc) is 2.80. The predicted octanol–water partition coefficient (Wildman–Crippen LogP) is 2.22. The Balaban J connectivity index is 2.70. The van der Waals surface area contributed by atoms with E-state index in [9.17, 15) is 27.6 Å². The predicted molar refractivity (Wildman–Crippen MR) is 129 cm³/mol. The van der Waals surface area contributed by atoms with Gasteiger partial charge in [0.05, 0.1) is 24.3 Å². The Labute approximate surface area is 210 Å². The smallest absolute Gasteiger partial charge is 0.457 e. The van der Waals surface area contributed by atoms with Crippen molar-refractivity contribution in [1.29, 1.82) is 0 Å². The molecule has 204 valence electrons. The Bertz CT molecular complexity index is 849. The summed E-state index contributed by atoms with van der Waals surface area (Å²) in [6.07, 6.45) is -3.62. The van der Waals surface area contributed by atoms with Crippen molar-refractivity contribution in [3.8, 4) is 0 Å². The van der Waals surface area contributed by atoms with E-state index in [0.29, 0.717) is 31.6 Å². The molecule has 0 saturated heterocycles. The minimum Gasteiger partial charge on any atom is -0.457 e. The Hall–Kier alpha value is -2.73. The van der Waals surface area contributed by atoms with Crippen LogP contribution in [0.15, 0.2) is 18.3 Å². The maximum Gasteiger partial charge on any atom is 0.471 e. The fraction of sp³-hybridized carbons (Fsp3) is 0.667. The maximum atomic E-state index is 12.7. The van der Waals surface area contributed by atoms with Crippen LogP contribution in [0.5, 0.6) is 0 Å². The van der Waals surface area contributed by atoms with E-state index in [0.717, 1.165) is 6.54 Å². The molecule has 12 heteroatoms. The third kappa shape index (κ3) is 12.3. The van der Waals surface area contributed by atoms with E-state index in [2.05, 4.69) is 10.3 Å². The van der Waals surface area contributed by atoms with Gasteiger partial charge in [-0.2, -0.15) is 13.2 Å². The molecule has 0 aliphatic heterocycles. The second-order valence-corrected chi connectivity index (χ2v) is 9.12. The first kappa shape index (κ1) is 31.3. The molecule has 2 N–H and O–H groups in total. The van der Waals surface area contributed by atoms with Crippen molar-refractivity contribution in [2.75, 3.05) is 46.8 Å². The molecule has 9 nitrogen and oxygen atoms in total. The van der Waals surface area contributed by atoms with Gasteiger partial charge in [-0.3, -0.25) is 14.6 Å². The van der Waals surface area contributed by atoms with Gasteiger partial charge >= 0.3 is 18.1 Å². The number of nitrogens with zero attached hydrogens (tertiary/aromatic N) is 3. The van der Waals surface area contributed by atoms with Crippen LogP contribution in [-0.2, 0) is 20.9 Å². The van der Waals surface area contributed by atoms with E-state index in [1.165, 1.54) is 18.3 Å². The molecular weight excluding hydrogens is 479 g/mol. The van der Waals surface area contributed by atoms with Crippen LogP contribution in [0.25, 0.3) is 0 Å². The fourth-order valence-electron chi connectivity index (χ4n) is 3.14. The molecule has 0 aliphatic carbocycles. The number of ether oxygens (including phenoxy) is 1. The summed E-state index contributed by atoms with van der Waals surface area (Å²) < 4.78 is 42.9. The number of hydrogen-bond donors (Lipinski definition) is 2. The van der Waals surface area contributed by atoms with E-state index in [1.54, 1.807) is 10.2 Å². The van der Waals surface area contributed by atoms with Gasteiger partial charge in [-0.15, -0.1) is 0 Å². The second-order valence-electron chi connectivity index (χ2n) is 9.12. The van der Waals surface area contributed by atoms with Crippen molar-refractivity contribution < 1.29 is 32.3 Å². The Morgan fingerprint density at radius 2 is 1.83 bits per heavy atom. The lowest BCUT2D eigenvalue weighted by molar-refractivity contribution is -0.174. The van der Waals surface area contributed by atoms with Crippen LogP contribution in [-0.4, -0.2) is 91.7 Å². The van der Waals surface area contributed by atoms with Gasteiger partial charge in [-0.1, -0.05) is 13.8 Å². The number of likely N-dealkylation sites (N-methyl/N-ethyl adjacent to an activating group) is 2. The van der Waals surface area contributed by atoms with Gasteiger partial charge in [0.15, 0.2) is 0 Å². The topological polar surface area (TPSA) is 104 Å². The number of amides is 2. The minimum atomic E-state index is -5.01. The molecule has 0 radical (unpaired) electrons. The van der Waals surface area contributed by atoms with Gasteiger partial charge in [0.1, 0.15) is 6.10 Å². The molecule has 0 aromatic carbocycles. The minimum absolute atomic E-state index is 0.0520. The lowest BCUT2D eigenvalue weighted by Crippen LogP contribution is -2.42. The number of carbonyl (C=O) groups is 3. The molecule has 0 bridgehead atoms. The summed E-state index contributed by atoms with van der Waals surface area (Å²) in [4.78, 5) is 44.1. The van der Waals surface area contributed by atoms with Gasteiger partial charge in [0.25, 0.3) is 0 Å². The van der Waals surface area contributed by atoms with Crippen LogP contribution in [0.4, 0.5) is 13.2 Å². The van der Waals surface area contributed by atoms with Crippen LogP contribution in [0.3, 0.4) is 0 Å². The molecule has 1 unspecified atom stereocenters. The molecule has 0 saturated carbocycles. The molecule has 0 fully saturated rings. The van der Waals surface area contributed by atoms with Gasteiger partial charge in [0.2, 0.25) is 5.91 Å². The van der Waals surface area contributed by atoms with Gasteiger partial charge in [-0.25, -0.2) is 4.79 Å². The first-order valence-corrected chi connectivity index (χ1v) is 12.0. The van der Waals surface area contributed by atoms with Crippen LogP contribution in [0, 0.1) is 5.92 Å². The van der Waals surface area contributed by atoms with Crippen molar-refractivity contribution in [2.45, 2.75) is 52.4 Å². The zero-order valence-electron chi connectivity index (χ0n) is 21.7. The van der Waals surface area contributed by atoms with E-state index in [1.807, 2.05) is 39.8 Å². The quantitative estimate of drug-likeness (QED) is 0.344. The van der Waals surface area contributed by atoms with Gasteiger partial charge in [0, 0.05) is 32.4 Å². The van der Waals surface area contributed by atoms with Crippen LogP contribution < -0.4 is 10.6 Å². The highest BCUT2D eigenvalue weighted by Gasteiger charge is 2.38. The zero-order chi connectivity index (χ0) is 27.3. The van der Waals surface area contributed by atoms with Crippen LogP contribution in [0.2, 0.25) is 0 Å². The highest BCUT2D eigenvalue weighted by atomic mass is 19.4. The molecule has 1 rings (SSSR count). The van der Waals surface area contributed by atoms with Crippen molar-refractivity contribution in [2.24, 2.45) is 5.92 Å². The van der Waals surface area contributed by atoms with Gasteiger partial charge < -0.3 is 25.2 Å². The van der Waals surface area contributed by atoms with Crippen molar-refractivity contribution >= 4 is 17.8 Å². The molecule has 1 aromatic rings. The number of esters is 1. The summed E-state index contributed by atoms with van der Waals surface area (Å²) in [7, 11) is 3.87. The molecule has 1 aromatic heterocycles. The number of pyridine rings is 1. The monoisotopic (exact) mass is 517 g/mol. The fourth-order valence-corrected chi connectivity index (χ4v) is 3.14. The maximum absolute atomic E-state index is 12.7.